The molecule has 1 fully saturated rings. The number of anilines is 1. The maximum atomic E-state index is 12.0. The lowest BCUT2D eigenvalue weighted by Crippen LogP contribution is -2.40. The van der Waals surface area contributed by atoms with E-state index in [1.165, 1.54) is 0 Å². The number of rotatable bonds is 2. The number of hydrogen-bond donors (Lipinski definition) is 1. The highest BCUT2D eigenvalue weighted by molar-refractivity contribution is 6.39. The molecular formula is C12H10Cl2N2O. The Morgan fingerprint density at radius 2 is 1.94 bits per heavy atom. The molecule has 0 aromatic heterocycles. The van der Waals surface area contributed by atoms with Crippen LogP contribution in [0.2, 0.25) is 10.0 Å². The molecule has 0 heterocycles. The van der Waals surface area contributed by atoms with Gasteiger partial charge in [-0.15, -0.1) is 0 Å². The summed E-state index contributed by atoms with van der Waals surface area (Å²) < 4.78 is 0. The van der Waals surface area contributed by atoms with Crippen LogP contribution in [0.1, 0.15) is 19.3 Å². The second-order valence-corrected chi connectivity index (χ2v) is 4.91. The van der Waals surface area contributed by atoms with Crippen LogP contribution < -0.4 is 5.32 Å². The van der Waals surface area contributed by atoms with Crippen LogP contribution in [0, 0.1) is 16.7 Å². The Kier molecular flexibility index (Phi) is 3.28. The van der Waals surface area contributed by atoms with Gasteiger partial charge in [0, 0.05) is 0 Å². The van der Waals surface area contributed by atoms with Crippen LogP contribution in [-0.2, 0) is 4.79 Å². The smallest absolute Gasteiger partial charge is 0.244 e. The van der Waals surface area contributed by atoms with Gasteiger partial charge in [-0.2, -0.15) is 5.26 Å². The second-order valence-electron chi connectivity index (χ2n) is 4.10. The van der Waals surface area contributed by atoms with Gasteiger partial charge in [-0.25, -0.2) is 0 Å². The molecule has 17 heavy (non-hydrogen) atoms. The fourth-order valence-electron chi connectivity index (χ4n) is 1.77. The van der Waals surface area contributed by atoms with Crippen molar-refractivity contribution < 1.29 is 4.79 Å². The number of amides is 1. The lowest BCUT2D eigenvalue weighted by Gasteiger charge is -2.33. The predicted molar refractivity (Wildman–Crippen MR) is 67.0 cm³/mol. The van der Waals surface area contributed by atoms with Crippen LogP contribution in [0.15, 0.2) is 18.2 Å². The lowest BCUT2D eigenvalue weighted by atomic mass is 9.69. The molecule has 0 bridgehead atoms. The van der Waals surface area contributed by atoms with Crippen molar-refractivity contribution in [3.8, 4) is 6.07 Å². The van der Waals surface area contributed by atoms with E-state index in [9.17, 15) is 4.79 Å². The van der Waals surface area contributed by atoms with Crippen LogP contribution in [-0.4, -0.2) is 5.91 Å². The molecule has 1 N–H and O–H groups in total. The minimum atomic E-state index is -0.900. The van der Waals surface area contributed by atoms with Gasteiger partial charge in [0.25, 0.3) is 0 Å². The van der Waals surface area contributed by atoms with Crippen LogP contribution in [0.5, 0.6) is 0 Å². The molecule has 5 heteroatoms. The van der Waals surface area contributed by atoms with E-state index in [1.54, 1.807) is 18.2 Å². The number of carbonyl (C=O) groups is 1. The summed E-state index contributed by atoms with van der Waals surface area (Å²) in [5, 5.41) is 12.4. The number of halogens is 2. The summed E-state index contributed by atoms with van der Waals surface area (Å²) in [6.07, 6.45) is 2.09. The van der Waals surface area contributed by atoms with E-state index in [0.29, 0.717) is 28.6 Å². The normalized spacial score (nSPS) is 16.8. The van der Waals surface area contributed by atoms with Gasteiger partial charge in [0.2, 0.25) is 5.91 Å². The molecule has 1 aliphatic carbocycles. The molecule has 88 valence electrons. The second kappa shape index (κ2) is 4.56. The molecule has 1 saturated carbocycles. The fourth-order valence-corrected chi connectivity index (χ4v) is 2.26. The van der Waals surface area contributed by atoms with Crippen LogP contribution in [0.4, 0.5) is 5.69 Å². The van der Waals surface area contributed by atoms with Gasteiger partial charge in [0.1, 0.15) is 5.41 Å². The van der Waals surface area contributed by atoms with Crippen molar-refractivity contribution in [2.24, 2.45) is 5.41 Å². The summed E-state index contributed by atoms with van der Waals surface area (Å²) in [5.41, 5.74) is -0.523. The third-order valence-corrected chi connectivity index (χ3v) is 3.69. The molecule has 1 aromatic carbocycles. The monoisotopic (exact) mass is 268 g/mol. The minimum Gasteiger partial charge on any atom is -0.322 e. The zero-order valence-electron chi connectivity index (χ0n) is 8.96. The number of nitrogens with zero attached hydrogens (tertiary/aromatic N) is 1. The maximum absolute atomic E-state index is 12.0. The number of nitriles is 1. The number of benzene rings is 1. The number of carbonyl (C=O) groups excluding carboxylic acids is 1. The minimum absolute atomic E-state index is 0.318. The molecule has 0 atom stereocenters. The molecule has 1 aromatic rings. The first-order chi connectivity index (χ1) is 8.09. The average Bonchev–Trinajstić information content (AvgIpc) is 2.23. The van der Waals surface area contributed by atoms with E-state index in [0.717, 1.165) is 6.42 Å². The Balaban J connectivity index is 2.22. The topological polar surface area (TPSA) is 52.9 Å². The first kappa shape index (κ1) is 12.2. The van der Waals surface area contributed by atoms with E-state index in [2.05, 4.69) is 11.4 Å². The molecular weight excluding hydrogens is 259 g/mol. The predicted octanol–water partition coefficient (Wildman–Crippen LogP) is 3.63. The standard InChI is InChI=1S/C12H10Cl2N2O/c13-8-3-1-4-9(14)10(8)16-11(17)12(7-15)5-2-6-12/h1,3-4H,2,5-6H2,(H,16,17). The number of para-hydroxylation sites is 1. The molecule has 0 unspecified atom stereocenters. The molecule has 2 rings (SSSR count). The van der Waals surface area contributed by atoms with Crippen molar-refractivity contribution >= 4 is 34.8 Å². The Hall–Kier alpha value is -1.24. The number of nitrogens with one attached hydrogen (secondary N) is 1. The quantitative estimate of drug-likeness (QED) is 0.891. The fraction of sp³-hybridized carbons (Fsp3) is 0.333. The molecule has 0 radical (unpaired) electrons. The van der Waals surface area contributed by atoms with Crippen LogP contribution >= 0.6 is 23.2 Å². The van der Waals surface area contributed by atoms with Gasteiger partial charge >= 0.3 is 0 Å². The van der Waals surface area contributed by atoms with Gasteiger partial charge in [0.15, 0.2) is 0 Å². The Morgan fingerprint density at radius 3 is 2.35 bits per heavy atom. The molecule has 0 aliphatic heterocycles. The third-order valence-electron chi connectivity index (χ3n) is 3.06. The maximum Gasteiger partial charge on any atom is 0.244 e. The van der Waals surface area contributed by atoms with E-state index >= 15 is 0 Å². The molecule has 0 saturated heterocycles. The summed E-state index contributed by atoms with van der Waals surface area (Å²) in [7, 11) is 0. The summed E-state index contributed by atoms with van der Waals surface area (Å²) in [6, 6.07) is 7.06. The van der Waals surface area contributed by atoms with Crippen LogP contribution in [0.25, 0.3) is 0 Å². The van der Waals surface area contributed by atoms with Crippen molar-refractivity contribution in [2.45, 2.75) is 19.3 Å². The summed E-state index contributed by atoms with van der Waals surface area (Å²) in [4.78, 5) is 12.0. The van der Waals surface area contributed by atoms with Gasteiger partial charge in [0.05, 0.1) is 21.8 Å². The molecule has 1 aliphatic rings. The summed E-state index contributed by atoms with van der Waals surface area (Å²) in [5.74, 6) is -0.318. The van der Waals surface area contributed by atoms with Gasteiger partial charge in [-0.1, -0.05) is 29.3 Å². The highest BCUT2D eigenvalue weighted by atomic mass is 35.5. The van der Waals surface area contributed by atoms with E-state index in [4.69, 9.17) is 28.5 Å². The van der Waals surface area contributed by atoms with Crippen molar-refractivity contribution in [2.75, 3.05) is 5.32 Å². The van der Waals surface area contributed by atoms with Crippen molar-refractivity contribution in [1.29, 1.82) is 5.26 Å². The van der Waals surface area contributed by atoms with Crippen molar-refractivity contribution in [3.63, 3.8) is 0 Å². The third kappa shape index (κ3) is 2.11. The molecule has 0 spiro atoms. The first-order valence-corrected chi connectivity index (χ1v) is 6.01. The first-order valence-electron chi connectivity index (χ1n) is 5.26. The Bertz CT molecular complexity index is 483. The summed E-state index contributed by atoms with van der Waals surface area (Å²) in [6.45, 7) is 0. The molecule has 3 nitrogen and oxygen atoms in total. The van der Waals surface area contributed by atoms with Gasteiger partial charge in [-0.05, 0) is 31.4 Å². The Morgan fingerprint density at radius 1 is 1.35 bits per heavy atom. The average molecular weight is 269 g/mol. The lowest BCUT2D eigenvalue weighted by molar-refractivity contribution is -0.126. The highest BCUT2D eigenvalue weighted by Crippen LogP contribution is 2.42. The van der Waals surface area contributed by atoms with Crippen molar-refractivity contribution in [3.05, 3.63) is 28.2 Å². The van der Waals surface area contributed by atoms with E-state index in [1.807, 2.05) is 0 Å². The van der Waals surface area contributed by atoms with Crippen molar-refractivity contribution in [1.82, 2.24) is 0 Å². The zero-order valence-corrected chi connectivity index (χ0v) is 10.5. The van der Waals surface area contributed by atoms with Gasteiger partial charge in [-0.3, -0.25) is 4.79 Å². The van der Waals surface area contributed by atoms with Crippen LogP contribution in [0.3, 0.4) is 0 Å². The zero-order chi connectivity index (χ0) is 12.5. The van der Waals surface area contributed by atoms with E-state index < -0.39 is 5.41 Å². The largest absolute Gasteiger partial charge is 0.322 e. The summed E-state index contributed by atoms with van der Waals surface area (Å²) >= 11 is 11.9. The number of hydrogen-bond acceptors (Lipinski definition) is 2. The highest BCUT2D eigenvalue weighted by Gasteiger charge is 2.44. The SMILES string of the molecule is N#CC1(C(=O)Nc2c(Cl)cccc2Cl)CCC1. The molecule has 1 amide bonds. The van der Waals surface area contributed by atoms with E-state index in [-0.39, 0.29) is 5.91 Å². The van der Waals surface area contributed by atoms with Gasteiger partial charge < -0.3 is 5.32 Å². The Labute approximate surface area is 109 Å².